The summed E-state index contributed by atoms with van der Waals surface area (Å²) in [5.74, 6) is -2.06. The number of nitrogens with one attached hydrogen (secondary N) is 1. The third kappa shape index (κ3) is 3.57. The summed E-state index contributed by atoms with van der Waals surface area (Å²) in [5.41, 5.74) is 4.64. The van der Waals surface area contributed by atoms with E-state index in [9.17, 15) is 17.2 Å². The van der Waals surface area contributed by atoms with E-state index in [0.717, 1.165) is 23.5 Å². The first-order valence-electron chi connectivity index (χ1n) is 5.27. The fraction of sp³-hybridized carbons (Fsp3) is 0. The Labute approximate surface area is 137 Å². The molecule has 0 saturated carbocycles. The van der Waals surface area contributed by atoms with Gasteiger partial charge in [0.2, 0.25) is 0 Å². The zero-order valence-corrected chi connectivity index (χ0v) is 14.1. The zero-order chi connectivity index (χ0) is 15.8. The second kappa shape index (κ2) is 5.95. The van der Waals surface area contributed by atoms with Crippen LogP contribution in [0.2, 0.25) is 0 Å². The van der Waals surface area contributed by atoms with Gasteiger partial charge in [-0.15, -0.1) is 11.3 Å². The smallest absolute Gasteiger partial charge is 0.271 e. The lowest BCUT2D eigenvalue weighted by molar-refractivity contribution is 0.582. The van der Waals surface area contributed by atoms with Gasteiger partial charge in [-0.05, 0) is 24.3 Å². The number of halogens is 3. The average Bonchev–Trinajstić information content (AvgIpc) is 2.84. The first-order chi connectivity index (χ1) is 9.70. The van der Waals surface area contributed by atoms with Gasteiger partial charge in [-0.3, -0.25) is 4.72 Å². The lowest BCUT2D eigenvalue weighted by Gasteiger charge is -2.08. The van der Waals surface area contributed by atoms with E-state index in [-0.39, 0.29) is 13.7 Å². The molecule has 0 unspecified atom stereocenters. The van der Waals surface area contributed by atoms with Crippen molar-refractivity contribution in [1.29, 1.82) is 0 Å². The number of anilines is 1. The molecule has 0 bridgehead atoms. The van der Waals surface area contributed by atoms with Gasteiger partial charge in [0.05, 0.1) is 4.88 Å². The molecule has 0 spiro atoms. The number of hydrogen-bond acceptors (Lipinski definition) is 4. The van der Waals surface area contributed by atoms with Crippen LogP contribution in [0.15, 0.2) is 32.9 Å². The standard InChI is InChI=1S/C11H7BrF2N2O2S3/c12-5-3-6(13)10(7(14)4-5)16-21(17,18)9-2-1-8(20-9)11(15)19/h1-4,16H,(H2,15,19). The van der Waals surface area contributed by atoms with E-state index in [4.69, 9.17) is 18.0 Å². The summed E-state index contributed by atoms with van der Waals surface area (Å²) in [7, 11) is -4.13. The summed E-state index contributed by atoms with van der Waals surface area (Å²) in [6.07, 6.45) is 0. The van der Waals surface area contributed by atoms with Gasteiger partial charge in [0.1, 0.15) is 14.9 Å². The molecule has 1 heterocycles. The van der Waals surface area contributed by atoms with Crippen LogP contribution in [0.1, 0.15) is 4.88 Å². The largest absolute Gasteiger partial charge is 0.389 e. The second-order valence-corrected chi connectivity index (χ2v) is 8.18. The summed E-state index contributed by atoms with van der Waals surface area (Å²) in [5, 5.41) is 0. The molecule has 0 aliphatic carbocycles. The van der Waals surface area contributed by atoms with Crippen molar-refractivity contribution in [2.45, 2.75) is 4.21 Å². The van der Waals surface area contributed by atoms with Crippen molar-refractivity contribution in [3.05, 3.63) is 45.2 Å². The molecule has 4 nitrogen and oxygen atoms in total. The topological polar surface area (TPSA) is 72.2 Å². The first kappa shape index (κ1) is 16.3. The Morgan fingerprint density at radius 2 is 1.86 bits per heavy atom. The number of sulfonamides is 1. The van der Waals surface area contributed by atoms with Crippen LogP contribution in [0.3, 0.4) is 0 Å². The molecule has 2 aromatic rings. The molecule has 0 radical (unpaired) electrons. The van der Waals surface area contributed by atoms with Crippen LogP contribution in [-0.2, 0) is 10.0 Å². The Morgan fingerprint density at radius 1 is 1.29 bits per heavy atom. The van der Waals surface area contributed by atoms with Crippen molar-refractivity contribution < 1.29 is 17.2 Å². The Bertz CT molecular complexity index is 798. The highest BCUT2D eigenvalue weighted by Crippen LogP contribution is 2.28. The van der Waals surface area contributed by atoms with Crippen LogP contribution in [0.4, 0.5) is 14.5 Å². The summed E-state index contributed by atoms with van der Waals surface area (Å²) in [4.78, 5) is 0.435. The molecule has 2 rings (SSSR count). The SMILES string of the molecule is NC(=S)c1ccc(S(=O)(=O)Nc2c(F)cc(Br)cc2F)s1. The Kier molecular flexibility index (Phi) is 4.61. The molecule has 0 saturated heterocycles. The van der Waals surface area contributed by atoms with Crippen molar-refractivity contribution in [1.82, 2.24) is 0 Å². The molecule has 0 fully saturated rings. The summed E-state index contributed by atoms with van der Waals surface area (Å²) >= 11 is 8.45. The molecular formula is C11H7BrF2N2O2S3. The van der Waals surface area contributed by atoms with Gasteiger partial charge in [-0.2, -0.15) is 0 Å². The van der Waals surface area contributed by atoms with Gasteiger partial charge in [-0.1, -0.05) is 28.1 Å². The van der Waals surface area contributed by atoms with Crippen molar-refractivity contribution in [3.8, 4) is 0 Å². The Morgan fingerprint density at radius 3 is 2.33 bits per heavy atom. The van der Waals surface area contributed by atoms with Gasteiger partial charge in [-0.25, -0.2) is 17.2 Å². The lowest BCUT2D eigenvalue weighted by atomic mass is 10.3. The molecule has 0 amide bonds. The normalized spacial score (nSPS) is 11.4. The highest BCUT2D eigenvalue weighted by Gasteiger charge is 2.22. The van der Waals surface area contributed by atoms with E-state index in [0.29, 0.717) is 4.88 Å². The average molecular weight is 413 g/mol. The van der Waals surface area contributed by atoms with Crippen LogP contribution in [0.5, 0.6) is 0 Å². The summed E-state index contributed by atoms with van der Waals surface area (Å²) in [6, 6.07) is 4.59. The maximum Gasteiger partial charge on any atom is 0.271 e. The van der Waals surface area contributed by atoms with Crippen molar-refractivity contribution >= 4 is 60.2 Å². The zero-order valence-electron chi connectivity index (χ0n) is 10.1. The van der Waals surface area contributed by atoms with E-state index in [2.05, 4.69) is 15.9 Å². The number of benzene rings is 1. The van der Waals surface area contributed by atoms with Gasteiger partial charge in [0.25, 0.3) is 10.0 Å². The molecule has 1 aromatic heterocycles. The van der Waals surface area contributed by atoms with E-state index < -0.39 is 27.3 Å². The van der Waals surface area contributed by atoms with Crippen molar-refractivity contribution in [2.75, 3.05) is 4.72 Å². The van der Waals surface area contributed by atoms with E-state index in [1.54, 1.807) is 0 Å². The highest BCUT2D eigenvalue weighted by molar-refractivity contribution is 9.10. The van der Waals surface area contributed by atoms with Gasteiger partial charge in [0, 0.05) is 4.47 Å². The monoisotopic (exact) mass is 412 g/mol. The minimum atomic E-state index is -4.13. The minimum Gasteiger partial charge on any atom is -0.389 e. The Balaban J connectivity index is 2.40. The third-order valence-electron chi connectivity index (χ3n) is 2.33. The minimum absolute atomic E-state index is 0.0439. The highest BCUT2D eigenvalue weighted by atomic mass is 79.9. The molecular weight excluding hydrogens is 406 g/mol. The van der Waals surface area contributed by atoms with E-state index in [1.165, 1.54) is 12.1 Å². The van der Waals surface area contributed by atoms with E-state index >= 15 is 0 Å². The van der Waals surface area contributed by atoms with E-state index in [1.807, 2.05) is 4.72 Å². The number of rotatable bonds is 4. The number of hydrogen-bond donors (Lipinski definition) is 2. The van der Waals surface area contributed by atoms with Crippen LogP contribution in [0, 0.1) is 11.6 Å². The van der Waals surface area contributed by atoms with Gasteiger partial charge >= 0.3 is 0 Å². The molecule has 0 aliphatic heterocycles. The molecule has 0 aliphatic rings. The first-order valence-corrected chi connectivity index (χ1v) is 8.78. The van der Waals surface area contributed by atoms with Crippen LogP contribution < -0.4 is 10.5 Å². The predicted molar refractivity (Wildman–Crippen MR) is 85.1 cm³/mol. The molecule has 21 heavy (non-hydrogen) atoms. The molecule has 1 aromatic carbocycles. The van der Waals surface area contributed by atoms with Crippen LogP contribution in [-0.4, -0.2) is 13.4 Å². The fourth-order valence-corrected chi connectivity index (χ4v) is 4.25. The number of thiocarbonyl (C=S) groups is 1. The number of thiophene rings is 1. The predicted octanol–water partition coefficient (Wildman–Crippen LogP) is 3.22. The van der Waals surface area contributed by atoms with Crippen LogP contribution >= 0.6 is 39.5 Å². The maximum absolute atomic E-state index is 13.7. The van der Waals surface area contributed by atoms with Crippen LogP contribution in [0.25, 0.3) is 0 Å². The number of nitrogens with two attached hydrogens (primary N) is 1. The third-order valence-corrected chi connectivity index (χ3v) is 6.10. The Hall–Kier alpha value is -1.10. The van der Waals surface area contributed by atoms with Crippen molar-refractivity contribution in [3.63, 3.8) is 0 Å². The molecule has 10 heteroatoms. The molecule has 0 atom stereocenters. The quantitative estimate of drug-likeness (QED) is 0.756. The maximum atomic E-state index is 13.7. The fourth-order valence-electron chi connectivity index (χ4n) is 1.42. The lowest BCUT2D eigenvalue weighted by Crippen LogP contribution is -2.14. The second-order valence-electron chi connectivity index (χ2n) is 3.83. The molecule has 3 N–H and O–H groups in total. The van der Waals surface area contributed by atoms with Crippen molar-refractivity contribution in [2.24, 2.45) is 5.73 Å². The van der Waals surface area contributed by atoms with Gasteiger partial charge in [0.15, 0.2) is 11.6 Å². The molecule has 112 valence electrons. The van der Waals surface area contributed by atoms with Gasteiger partial charge < -0.3 is 5.73 Å². The summed E-state index contributed by atoms with van der Waals surface area (Å²) < 4.78 is 53.4. The summed E-state index contributed by atoms with van der Waals surface area (Å²) in [6.45, 7) is 0.